The number of carboxylic acids is 1. The fourth-order valence-electron chi connectivity index (χ4n) is 2.50. The normalized spacial score (nSPS) is 13.6. The average Bonchev–Trinajstić information content (AvgIpc) is 2.97. The number of aryl methyl sites for hydroxylation is 1. The second-order valence-corrected chi connectivity index (χ2v) is 5.16. The van der Waals surface area contributed by atoms with Gasteiger partial charge in [0.1, 0.15) is 0 Å². The van der Waals surface area contributed by atoms with Gasteiger partial charge in [-0.25, -0.2) is 5.06 Å². The second-order valence-electron chi connectivity index (χ2n) is 5.16. The highest BCUT2D eigenvalue weighted by Crippen LogP contribution is 2.21. The molecule has 1 heterocycles. The summed E-state index contributed by atoms with van der Waals surface area (Å²) in [6, 6.07) is 1.22. The first kappa shape index (κ1) is 17.2. The highest BCUT2D eigenvalue weighted by molar-refractivity contribution is 5.71. The van der Waals surface area contributed by atoms with Crippen LogP contribution in [0.4, 0.5) is 0 Å². The van der Waals surface area contributed by atoms with Gasteiger partial charge in [0, 0.05) is 0 Å². The molecule has 0 saturated carbocycles. The Morgan fingerprint density at radius 2 is 2.19 bits per heavy atom. The number of carboxylic acid groups (broad SMARTS) is 1. The molecule has 0 bridgehead atoms. The van der Waals surface area contributed by atoms with Crippen LogP contribution in [-0.4, -0.2) is 33.8 Å². The monoisotopic (exact) mass is 297 g/mol. The molecule has 2 N–H and O–H groups in total. The number of unbranched alkanes of at least 4 members (excludes halogenated alkanes) is 1. The zero-order valence-electron chi connectivity index (χ0n) is 12.3. The lowest BCUT2D eigenvalue weighted by molar-refractivity contribution is -0.173. The number of aliphatic carboxylic acids is 1. The van der Waals surface area contributed by atoms with E-state index in [4.69, 9.17) is 4.42 Å². The van der Waals surface area contributed by atoms with Gasteiger partial charge in [0.25, 0.3) is 0 Å². The SMILES string of the molecule is CCCC(C(CCCCc1ccoc1)C(=O)O)N(O)C=O. The van der Waals surface area contributed by atoms with Crippen LogP contribution in [0.15, 0.2) is 23.0 Å². The molecule has 0 fully saturated rings. The molecule has 21 heavy (non-hydrogen) atoms. The topological polar surface area (TPSA) is 91.0 Å². The second kappa shape index (κ2) is 9.18. The van der Waals surface area contributed by atoms with E-state index in [2.05, 4.69) is 0 Å². The Bertz CT molecular complexity index is 418. The van der Waals surface area contributed by atoms with Crippen LogP contribution >= 0.6 is 0 Å². The lowest BCUT2D eigenvalue weighted by Gasteiger charge is -2.27. The molecule has 6 heteroatoms. The summed E-state index contributed by atoms with van der Waals surface area (Å²) in [5.41, 5.74) is 1.09. The number of carbonyl (C=O) groups is 2. The highest BCUT2D eigenvalue weighted by Gasteiger charge is 2.31. The quantitative estimate of drug-likeness (QED) is 0.283. The van der Waals surface area contributed by atoms with Crippen molar-refractivity contribution < 1.29 is 24.3 Å². The maximum Gasteiger partial charge on any atom is 0.308 e. The van der Waals surface area contributed by atoms with Gasteiger partial charge >= 0.3 is 5.97 Å². The summed E-state index contributed by atoms with van der Waals surface area (Å²) in [4.78, 5) is 22.1. The van der Waals surface area contributed by atoms with Crippen molar-refractivity contribution in [3.8, 4) is 0 Å². The third kappa shape index (κ3) is 5.59. The molecule has 1 aromatic rings. The number of hydroxylamine groups is 2. The highest BCUT2D eigenvalue weighted by atomic mass is 16.5. The number of nitrogens with zero attached hydrogens (tertiary/aromatic N) is 1. The van der Waals surface area contributed by atoms with Crippen LogP contribution in [-0.2, 0) is 16.0 Å². The van der Waals surface area contributed by atoms with Crippen molar-refractivity contribution in [2.75, 3.05) is 0 Å². The summed E-state index contributed by atoms with van der Waals surface area (Å²) >= 11 is 0. The van der Waals surface area contributed by atoms with Gasteiger partial charge in [0.05, 0.1) is 24.5 Å². The number of rotatable bonds is 11. The van der Waals surface area contributed by atoms with Crippen molar-refractivity contribution in [2.24, 2.45) is 5.92 Å². The molecule has 2 unspecified atom stereocenters. The van der Waals surface area contributed by atoms with Gasteiger partial charge in [-0.15, -0.1) is 0 Å². The summed E-state index contributed by atoms with van der Waals surface area (Å²) in [6.07, 6.45) is 7.56. The summed E-state index contributed by atoms with van der Waals surface area (Å²) in [5.74, 6) is -1.72. The minimum atomic E-state index is -0.974. The number of hydrogen-bond donors (Lipinski definition) is 2. The van der Waals surface area contributed by atoms with Crippen LogP contribution in [0.3, 0.4) is 0 Å². The molecule has 118 valence electrons. The zero-order valence-corrected chi connectivity index (χ0v) is 12.3. The Morgan fingerprint density at radius 1 is 1.43 bits per heavy atom. The standard InChI is InChI=1S/C15H23NO5/c1-2-5-14(16(20)11-17)13(15(18)19)7-4-3-6-12-8-9-21-10-12/h8-11,13-14,20H,2-7H2,1H3,(H,18,19). The van der Waals surface area contributed by atoms with Gasteiger partial charge < -0.3 is 9.52 Å². The van der Waals surface area contributed by atoms with Crippen molar-refractivity contribution in [3.63, 3.8) is 0 Å². The smallest absolute Gasteiger partial charge is 0.308 e. The van der Waals surface area contributed by atoms with Crippen LogP contribution in [0, 0.1) is 5.92 Å². The first-order valence-corrected chi connectivity index (χ1v) is 7.26. The van der Waals surface area contributed by atoms with Crippen LogP contribution in [0.5, 0.6) is 0 Å². The molecule has 6 nitrogen and oxygen atoms in total. The predicted octanol–water partition coefficient (Wildman–Crippen LogP) is 2.71. The third-order valence-electron chi connectivity index (χ3n) is 3.62. The first-order chi connectivity index (χ1) is 10.1. The lowest BCUT2D eigenvalue weighted by atomic mass is 9.90. The van der Waals surface area contributed by atoms with E-state index in [-0.39, 0.29) is 6.41 Å². The largest absolute Gasteiger partial charge is 0.481 e. The summed E-state index contributed by atoms with van der Waals surface area (Å²) in [7, 11) is 0. The van der Waals surface area contributed by atoms with Crippen LogP contribution in [0.25, 0.3) is 0 Å². The fraction of sp³-hybridized carbons (Fsp3) is 0.600. The third-order valence-corrected chi connectivity index (χ3v) is 3.62. The molecule has 0 aromatic carbocycles. The van der Waals surface area contributed by atoms with Gasteiger partial charge in [-0.1, -0.05) is 19.8 Å². The van der Waals surface area contributed by atoms with E-state index in [0.29, 0.717) is 24.3 Å². The van der Waals surface area contributed by atoms with Crippen molar-refractivity contribution in [3.05, 3.63) is 24.2 Å². The molecular formula is C15H23NO5. The van der Waals surface area contributed by atoms with Gasteiger partial charge in [-0.05, 0) is 37.3 Å². The molecule has 0 aliphatic heterocycles. The van der Waals surface area contributed by atoms with Crippen molar-refractivity contribution in [2.45, 2.75) is 51.5 Å². The molecule has 0 aliphatic carbocycles. The van der Waals surface area contributed by atoms with E-state index in [1.54, 1.807) is 12.5 Å². The van der Waals surface area contributed by atoms with E-state index in [1.807, 2.05) is 13.0 Å². The number of amides is 1. The molecule has 0 saturated heterocycles. The lowest BCUT2D eigenvalue weighted by Crippen LogP contribution is -2.41. The molecule has 0 radical (unpaired) electrons. The van der Waals surface area contributed by atoms with Gasteiger partial charge in [-0.2, -0.15) is 0 Å². The molecule has 1 aromatic heterocycles. The minimum Gasteiger partial charge on any atom is -0.481 e. The molecule has 2 atom stereocenters. The predicted molar refractivity (Wildman–Crippen MR) is 75.8 cm³/mol. The van der Waals surface area contributed by atoms with Gasteiger partial charge in [0.2, 0.25) is 6.41 Å². The van der Waals surface area contributed by atoms with E-state index in [9.17, 15) is 19.9 Å². The van der Waals surface area contributed by atoms with E-state index < -0.39 is 17.9 Å². The fourth-order valence-corrected chi connectivity index (χ4v) is 2.50. The van der Waals surface area contributed by atoms with E-state index >= 15 is 0 Å². The van der Waals surface area contributed by atoms with Crippen LogP contribution in [0.2, 0.25) is 0 Å². The minimum absolute atomic E-state index is 0.280. The number of furan rings is 1. The average molecular weight is 297 g/mol. The molecule has 1 rings (SSSR count). The Labute approximate surface area is 124 Å². The Morgan fingerprint density at radius 3 is 2.71 bits per heavy atom. The van der Waals surface area contributed by atoms with Crippen molar-refractivity contribution in [1.29, 1.82) is 0 Å². The molecule has 0 aliphatic rings. The van der Waals surface area contributed by atoms with Gasteiger partial charge in [-0.3, -0.25) is 14.8 Å². The van der Waals surface area contributed by atoms with E-state index in [1.165, 1.54) is 0 Å². The van der Waals surface area contributed by atoms with Crippen molar-refractivity contribution in [1.82, 2.24) is 5.06 Å². The van der Waals surface area contributed by atoms with E-state index in [0.717, 1.165) is 24.8 Å². The van der Waals surface area contributed by atoms with Crippen LogP contribution < -0.4 is 0 Å². The molecule has 1 amide bonds. The number of hydrogen-bond acceptors (Lipinski definition) is 4. The maximum atomic E-state index is 11.4. The van der Waals surface area contributed by atoms with Crippen molar-refractivity contribution >= 4 is 12.4 Å². The number of carbonyl (C=O) groups excluding carboxylic acids is 1. The summed E-state index contributed by atoms with van der Waals surface area (Å²) in [5, 5.41) is 19.4. The maximum absolute atomic E-state index is 11.4. The van der Waals surface area contributed by atoms with Gasteiger partial charge in [0.15, 0.2) is 0 Å². The summed E-state index contributed by atoms with van der Waals surface area (Å²) in [6.45, 7) is 1.89. The summed E-state index contributed by atoms with van der Waals surface area (Å²) < 4.78 is 4.97. The zero-order chi connectivity index (χ0) is 15.7. The Hall–Kier alpha value is -1.82. The van der Waals surface area contributed by atoms with Crippen LogP contribution in [0.1, 0.15) is 44.6 Å². The molecular weight excluding hydrogens is 274 g/mol. The molecule has 0 spiro atoms. The first-order valence-electron chi connectivity index (χ1n) is 7.26. The Balaban J connectivity index is 2.50. The Kier molecular flexibility index (Phi) is 7.53.